The molecule has 6 rings (SSSR count). The van der Waals surface area contributed by atoms with Crippen LogP contribution in [-0.2, 0) is 27.4 Å². The molecule has 1 aromatic carbocycles. The molecule has 2 aromatic rings. The lowest BCUT2D eigenvalue weighted by molar-refractivity contribution is -0.138. The Morgan fingerprint density at radius 2 is 2.10 bits per heavy atom. The smallest absolute Gasteiger partial charge is 0.230 e. The Kier molecular flexibility index (Phi) is 4.25. The summed E-state index contributed by atoms with van der Waals surface area (Å²) in [5.41, 5.74) is 1.37. The summed E-state index contributed by atoms with van der Waals surface area (Å²) < 4.78 is 8.39. The van der Waals surface area contributed by atoms with E-state index in [2.05, 4.69) is 16.8 Å². The highest BCUT2D eigenvalue weighted by atomic mass is 16.5. The molecule has 3 fully saturated rings. The number of hydrogen-bond donors (Lipinski definition) is 1. The Hall–Kier alpha value is -2.67. The van der Waals surface area contributed by atoms with E-state index in [1.807, 2.05) is 41.3 Å². The number of ether oxygens (including phenoxy) is 1. The Balaban J connectivity index is 1.22. The van der Waals surface area contributed by atoms with Gasteiger partial charge in [0.1, 0.15) is 11.4 Å². The van der Waals surface area contributed by atoms with Gasteiger partial charge in [-0.15, -0.1) is 0 Å². The monoisotopic (exact) mass is 420 g/mol. The molecule has 2 bridgehead atoms. The van der Waals surface area contributed by atoms with E-state index in [0.29, 0.717) is 19.1 Å². The quantitative estimate of drug-likeness (QED) is 0.754. The Labute approximate surface area is 181 Å². The molecule has 4 aliphatic rings. The number of likely N-dealkylation sites (tertiary alicyclic amines) is 1. The van der Waals surface area contributed by atoms with Crippen LogP contribution in [0.1, 0.15) is 38.4 Å². The van der Waals surface area contributed by atoms with E-state index in [9.17, 15) is 9.59 Å². The van der Waals surface area contributed by atoms with Crippen molar-refractivity contribution in [2.75, 3.05) is 6.54 Å². The number of imidazole rings is 1. The highest BCUT2D eigenvalue weighted by Crippen LogP contribution is 2.53. The van der Waals surface area contributed by atoms with Crippen LogP contribution in [0, 0.1) is 11.8 Å². The molecule has 1 spiro atoms. The zero-order chi connectivity index (χ0) is 21.2. The number of amides is 2. The summed E-state index contributed by atoms with van der Waals surface area (Å²) >= 11 is 0. The molecule has 1 saturated carbocycles. The predicted octanol–water partition coefficient (Wildman–Crippen LogP) is 2.40. The molecule has 4 atom stereocenters. The lowest BCUT2D eigenvalue weighted by Gasteiger charge is -2.27. The molecule has 1 aliphatic carbocycles. The van der Waals surface area contributed by atoms with Crippen molar-refractivity contribution in [3.63, 3.8) is 0 Å². The van der Waals surface area contributed by atoms with Gasteiger partial charge in [0, 0.05) is 12.6 Å². The van der Waals surface area contributed by atoms with Gasteiger partial charge in [0.25, 0.3) is 0 Å². The number of nitrogens with zero attached hydrogens (tertiary/aromatic N) is 3. The Bertz CT molecular complexity index is 1090. The summed E-state index contributed by atoms with van der Waals surface area (Å²) in [4.78, 5) is 33.4. The normalized spacial score (nSPS) is 31.8. The van der Waals surface area contributed by atoms with E-state index in [1.54, 1.807) is 0 Å². The molecular formula is C24H28N4O3. The average Bonchev–Trinajstić information content (AvgIpc) is 3.57. The van der Waals surface area contributed by atoms with Gasteiger partial charge in [0.2, 0.25) is 11.8 Å². The van der Waals surface area contributed by atoms with Crippen LogP contribution in [0.3, 0.4) is 0 Å². The topological polar surface area (TPSA) is 76.5 Å². The molecule has 1 aromatic heterocycles. The number of aryl methyl sites for hydroxylation is 1. The number of carbonyl (C=O) groups is 2. The standard InChI is InChI=1S/C24H28N4O3/c1-2-27-17-10-6-5-9-16(17)26-19(27)13-25-22(29)20-18-11-12-24(31-18)14-28(23(30)21(20)24)15-7-3-4-8-15/h5-6,9-12,15,18,20-21H,2-4,7-8,13-14H2,1H3,(H,25,29). The molecule has 1 N–H and O–H groups in total. The molecule has 2 saturated heterocycles. The first-order valence-corrected chi connectivity index (χ1v) is 11.5. The van der Waals surface area contributed by atoms with Crippen molar-refractivity contribution < 1.29 is 14.3 Å². The summed E-state index contributed by atoms with van der Waals surface area (Å²) in [7, 11) is 0. The first kappa shape index (κ1) is 19.0. The maximum absolute atomic E-state index is 13.4. The van der Waals surface area contributed by atoms with Crippen LogP contribution in [-0.4, -0.2) is 50.6 Å². The van der Waals surface area contributed by atoms with Gasteiger partial charge in [-0.25, -0.2) is 4.98 Å². The maximum atomic E-state index is 13.4. The van der Waals surface area contributed by atoms with Crippen LogP contribution >= 0.6 is 0 Å². The number of hydrogen-bond acceptors (Lipinski definition) is 4. The molecule has 0 radical (unpaired) electrons. The predicted molar refractivity (Wildman–Crippen MR) is 115 cm³/mol. The fraction of sp³-hybridized carbons (Fsp3) is 0.542. The SMILES string of the molecule is CCn1c(CNC(=O)C2C3C=CC4(CN(C5CCCC5)C(=O)C24)O3)nc2ccccc21. The third-order valence-electron chi connectivity index (χ3n) is 7.67. The van der Waals surface area contributed by atoms with Gasteiger partial charge in [-0.3, -0.25) is 9.59 Å². The van der Waals surface area contributed by atoms with E-state index in [4.69, 9.17) is 9.72 Å². The lowest BCUT2D eigenvalue weighted by atomic mass is 9.77. The Morgan fingerprint density at radius 1 is 1.29 bits per heavy atom. The molecular weight excluding hydrogens is 392 g/mol. The van der Waals surface area contributed by atoms with Crippen LogP contribution in [0.15, 0.2) is 36.4 Å². The summed E-state index contributed by atoms with van der Waals surface area (Å²) in [5.74, 6) is -0.0644. The van der Waals surface area contributed by atoms with E-state index < -0.39 is 17.4 Å². The first-order chi connectivity index (χ1) is 15.1. The minimum atomic E-state index is -0.622. The highest BCUT2D eigenvalue weighted by molar-refractivity contribution is 5.93. The second-order valence-corrected chi connectivity index (χ2v) is 9.28. The third kappa shape index (κ3) is 2.72. The van der Waals surface area contributed by atoms with Crippen molar-refractivity contribution >= 4 is 22.8 Å². The van der Waals surface area contributed by atoms with Crippen LogP contribution in [0.25, 0.3) is 11.0 Å². The van der Waals surface area contributed by atoms with Gasteiger partial charge in [-0.05, 0) is 31.9 Å². The van der Waals surface area contributed by atoms with Gasteiger partial charge >= 0.3 is 0 Å². The summed E-state index contributed by atoms with van der Waals surface area (Å²) in [5, 5.41) is 3.07. The van der Waals surface area contributed by atoms with Crippen molar-refractivity contribution in [1.82, 2.24) is 19.8 Å². The van der Waals surface area contributed by atoms with E-state index in [1.165, 1.54) is 12.8 Å². The van der Waals surface area contributed by atoms with Gasteiger partial charge in [0.15, 0.2) is 0 Å². The fourth-order valence-corrected chi connectivity index (χ4v) is 6.25. The van der Waals surface area contributed by atoms with Crippen molar-refractivity contribution in [2.24, 2.45) is 11.8 Å². The fourth-order valence-electron chi connectivity index (χ4n) is 6.25. The molecule has 3 aliphatic heterocycles. The van der Waals surface area contributed by atoms with Crippen molar-refractivity contribution in [1.29, 1.82) is 0 Å². The molecule has 7 nitrogen and oxygen atoms in total. The second kappa shape index (κ2) is 6.92. The van der Waals surface area contributed by atoms with Crippen molar-refractivity contribution in [2.45, 2.75) is 63.4 Å². The maximum Gasteiger partial charge on any atom is 0.230 e. The molecule has 4 unspecified atom stereocenters. The van der Waals surface area contributed by atoms with Crippen LogP contribution in [0.5, 0.6) is 0 Å². The number of fused-ring (bicyclic) bond motifs is 2. The van der Waals surface area contributed by atoms with E-state index in [0.717, 1.165) is 36.2 Å². The zero-order valence-electron chi connectivity index (χ0n) is 17.8. The second-order valence-electron chi connectivity index (χ2n) is 9.28. The summed E-state index contributed by atoms with van der Waals surface area (Å²) in [6.45, 7) is 3.79. The largest absolute Gasteiger partial charge is 0.360 e. The van der Waals surface area contributed by atoms with Crippen molar-refractivity contribution in [3.05, 3.63) is 42.2 Å². The summed E-state index contributed by atoms with van der Waals surface area (Å²) in [6, 6.07) is 8.30. The summed E-state index contributed by atoms with van der Waals surface area (Å²) in [6.07, 6.45) is 8.17. The van der Waals surface area contributed by atoms with Crippen LogP contribution < -0.4 is 5.32 Å². The molecule has 31 heavy (non-hydrogen) atoms. The number of aromatic nitrogens is 2. The van der Waals surface area contributed by atoms with Gasteiger partial charge in [-0.2, -0.15) is 0 Å². The number of nitrogens with one attached hydrogen (secondary N) is 1. The number of para-hydroxylation sites is 2. The number of carbonyl (C=O) groups excluding carboxylic acids is 2. The van der Waals surface area contributed by atoms with Crippen LogP contribution in [0.2, 0.25) is 0 Å². The number of benzene rings is 1. The van der Waals surface area contributed by atoms with Gasteiger partial charge in [-0.1, -0.05) is 37.1 Å². The van der Waals surface area contributed by atoms with E-state index >= 15 is 0 Å². The highest BCUT2D eigenvalue weighted by Gasteiger charge is 2.67. The van der Waals surface area contributed by atoms with Gasteiger partial charge < -0.3 is 19.5 Å². The molecule has 7 heteroatoms. The average molecular weight is 421 g/mol. The van der Waals surface area contributed by atoms with E-state index in [-0.39, 0.29) is 17.9 Å². The van der Waals surface area contributed by atoms with Crippen molar-refractivity contribution in [3.8, 4) is 0 Å². The minimum absolute atomic E-state index is 0.0969. The van der Waals surface area contributed by atoms with Crippen LogP contribution in [0.4, 0.5) is 0 Å². The van der Waals surface area contributed by atoms with Gasteiger partial charge in [0.05, 0.1) is 42.1 Å². The molecule has 4 heterocycles. The number of rotatable bonds is 5. The first-order valence-electron chi connectivity index (χ1n) is 11.5. The lowest BCUT2D eigenvalue weighted by Crippen LogP contribution is -2.44. The Morgan fingerprint density at radius 3 is 2.90 bits per heavy atom. The third-order valence-corrected chi connectivity index (χ3v) is 7.67. The molecule has 162 valence electrons. The minimum Gasteiger partial charge on any atom is -0.360 e. The zero-order valence-corrected chi connectivity index (χ0v) is 17.8. The molecule has 2 amide bonds.